The van der Waals surface area contributed by atoms with E-state index < -0.39 is 5.54 Å². The van der Waals surface area contributed by atoms with Crippen LogP contribution in [0.3, 0.4) is 0 Å². The molecule has 2 aromatic carbocycles. The van der Waals surface area contributed by atoms with Crippen LogP contribution >= 0.6 is 0 Å². The summed E-state index contributed by atoms with van der Waals surface area (Å²) in [7, 11) is 0. The van der Waals surface area contributed by atoms with E-state index >= 15 is 0 Å². The van der Waals surface area contributed by atoms with E-state index in [2.05, 4.69) is 68.4 Å². The topological polar surface area (TPSA) is 80.4 Å². The van der Waals surface area contributed by atoms with Crippen molar-refractivity contribution in [3.63, 3.8) is 0 Å². The molecule has 3 rings (SSSR count). The summed E-state index contributed by atoms with van der Waals surface area (Å²) in [6, 6.07) is 19.4. The summed E-state index contributed by atoms with van der Waals surface area (Å²) in [5.74, 6) is 0.725. The summed E-state index contributed by atoms with van der Waals surface area (Å²) < 4.78 is 0. The SMILES string of the molecule is CC(C)Cc1ccc(-c2ccccc2)cc1.NC1(C=O)CCCC1.O=CO. The molecule has 0 atom stereocenters. The first kappa shape index (κ1) is 22.6. The number of aldehydes is 1. The van der Waals surface area contributed by atoms with E-state index in [0.29, 0.717) is 0 Å². The molecule has 1 aliphatic carbocycles. The quantitative estimate of drug-likeness (QED) is 0.765. The minimum Gasteiger partial charge on any atom is -0.483 e. The molecular weight excluding hydrogens is 338 g/mol. The summed E-state index contributed by atoms with van der Waals surface area (Å²) >= 11 is 0. The molecule has 0 amide bonds. The summed E-state index contributed by atoms with van der Waals surface area (Å²) in [6.07, 6.45) is 6.06. The maximum atomic E-state index is 10.2. The molecule has 1 fully saturated rings. The van der Waals surface area contributed by atoms with Crippen LogP contribution in [-0.4, -0.2) is 23.4 Å². The van der Waals surface area contributed by atoms with Crippen LogP contribution in [0.15, 0.2) is 54.6 Å². The van der Waals surface area contributed by atoms with E-state index in [-0.39, 0.29) is 6.47 Å². The molecule has 0 saturated heterocycles. The number of hydrogen-bond donors (Lipinski definition) is 2. The van der Waals surface area contributed by atoms with Gasteiger partial charge in [-0.1, -0.05) is 81.3 Å². The van der Waals surface area contributed by atoms with Crippen molar-refractivity contribution in [3.05, 3.63) is 60.2 Å². The van der Waals surface area contributed by atoms with Crippen molar-refractivity contribution in [1.82, 2.24) is 0 Å². The lowest BCUT2D eigenvalue weighted by Crippen LogP contribution is -2.37. The largest absolute Gasteiger partial charge is 0.483 e. The smallest absolute Gasteiger partial charge is 0.290 e. The highest BCUT2D eigenvalue weighted by atomic mass is 16.3. The molecule has 4 nitrogen and oxygen atoms in total. The van der Waals surface area contributed by atoms with Gasteiger partial charge in [0.2, 0.25) is 0 Å². The highest BCUT2D eigenvalue weighted by Gasteiger charge is 2.27. The van der Waals surface area contributed by atoms with Crippen molar-refractivity contribution < 1.29 is 14.7 Å². The normalized spacial score (nSPS) is 14.4. The average molecular weight is 370 g/mol. The van der Waals surface area contributed by atoms with E-state index in [9.17, 15) is 4.79 Å². The van der Waals surface area contributed by atoms with Crippen molar-refractivity contribution in [2.45, 2.75) is 51.5 Å². The number of carbonyl (C=O) groups excluding carboxylic acids is 1. The second-order valence-electron chi connectivity index (χ2n) is 7.32. The Morgan fingerprint density at radius 3 is 1.85 bits per heavy atom. The van der Waals surface area contributed by atoms with E-state index in [0.717, 1.165) is 44.3 Å². The molecule has 0 spiro atoms. The number of hydrogen-bond acceptors (Lipinski definition) is 3. The Hall–Kier alpha value is -2.46. The van der Waals surface area contributed by atoms with Gasteiger partial charge in [0.05, 0.1) is 5.54 Å². The lowest BCUT2D eigenvalue weighted by Gasteiger charge is -2.12. The molecule has 0 unspecified atom stereocenters. The van der Waals surface area contributed by atoms with Crippen LogP contribution in [0.1, 0.15) is 45.1 Å². The fourth-order valence-corrected chi connectivity index (χ4v) is 3.09. The molecule has 2 aromatic rings. The third kappa shape index (κ3) is 8.65. The highest BCUT2D eigenvalue weighted by Crippen LogP contribution is 2.24. The van der Waals surface area contributed by atoms with E-state index in [1.165, 1.54) is 16.7 Å². The van der Waals surface area contributed by atoms with Gasteiger partial charge in [-0.25, -0.2) is 0 Å². The van der Waals surface area contributed by atoms with Gasteiger partial charge in [0.25, 0.3) is 6.47 Å². The predicted octanol–water partition coefficient (Wildman–Crippen LogP) is 4.71. The van der Waals surface area contributed by atoms with E-state index in [1.54, 1.807) is 0 Å². The predicted molar refractivity (Wildman–Crippen MR) is 111 cm³/mol. The minimum absolute atomic E-state index is 0.250. The Labute approximate surface area is 162 Å². The van der Waals surface area contributed by atoms with Crippen LogP contribution in [0.25, 0.3) is 11.1 Å². The number of carbonyl (C=O) groups is 2. The zero-order valence-electron chi connectivity index (χ0n) is 16.3. The molecule has 146 valence electrons. The number of rotatable bonds is 4. The van der Waals surface area contributed by atoms with Crippen molar-refractivity contribution in [2.75, 3.05) is 0 Å². The highest BCUT2D eigenvalue weighted by molar-refractivity contribution is 5.64. The molecule has 27 heavy (non-hydrogen) atoms. The summed E-state index contributed by atoms with van der Waals surface area (Å²) in [5, 5.41) is 6.89. The van der Waals surface area contributed by atoms with E-state index in [1.807, 2.05) is 0 Å². The van der Waals surface area contributed by atoms with Gasteiger partial charge in [-0.3, -0.25) is 4.79 Å². The maximum Gasteiger partial charge on any atom is 0.290 e. The van der Waals surface area contributed by atoms with E-state index in [4.69, 9.17) is 15.6 Å². The molecule has 0 heterocycles. The maximum absolute atomic E-state index is 10.2. The van der Waals surface area contributed by atoms with Crippen LogP contribution in [0.4, 0.5) is 0 Å². The first-order valence-electron chi connectivity index (χ1n) is 9.41. The van der Waals surface area contributed by atoms with Crippen molar-refractivity contribution in [3.8, 4) is 11.1 Å². The Morgan fingerprint density at radius 2 is 1.44 bits per heavy atom. The lowest BCUT2D eigenvalue weighted by molar-refractivity contribution is -0.122. The van der Waals surface area contributed by atoms with Gasteiger partial charge in [-0.15, -0.1) is 0 Å². The zero-order valence-corrected chi connectivity index (χ0v) is 16.3. The summed E-state index contributed by atoms with van der Waals surface area (Å²) in [6.45, 7) is 4.26. The van der Waals surface area contributed by atoms with Crippen LogP contribution in [0.2, 0.25) is 0 Å². The third-order valence-corrected chi connectivity index (χ3v) is 4.47. The first-order valence-corrected chi connectivity index (χ1v) is 9.41. The van der Waals surface area contributed by atoms with Gasteiger partial charge in [-0.05, 0) is 41.9 Å². The zero-order chi connectivity index (χ0) is 20.1. The standard InChI is InChI=1S/C16H18.C6H11NO.CH2O2/c1-13(2)12-14-8-10-16(11-9-14)15-6-4-3-5-7-15;7-6(5-8)3-1-2-4-6;2-1-3/h3-11,13H,12H2,1-2H3;5H,1-4,7H2;1H,(H,2,3). The van der Waals surface area contributed by atoms with Gasteiger partial charge in [0, 0.05) is 0 Å². The van der Waals surface area contributed by atoms with Crippen LogP contribution in [-0.2, 0) is 16.0 Å². The van der Waals surface area contributed by atoms with Crippen molar-refractivity contribution in [1.29, 1.82) is 0 Å². The molecule has 0 bridgehead atoms. The molecule has 3 N–H and O–H groups in total. The molecule has 0 aromatic heterocycles. The van der Waals surface area contributed by atoms with Gasteiger partial charge in [0.15, 0.2) is 0 Å². The molecule has 1 aliphatic rings. The average Bonchev–Trinajstić information content (AvgIpc) is 3.11. The first-order chi connectivity index (χ1) is 12.9. The Balaban J connectivity index is 0.000000277. The minimum atomic E-state index is -0.444. The van der Waals surface area contributed by atoms with Crippen LogP contribution in [0, 0.1) is 5.92 Å². The molecular formula is C23H31NO3. The van der Waals surface area contributed by atoms with Gasteiger partial charge in [0.1, 0.15) is 6.29 Å². The second kappa shape index (κ2) is 12.0. The van der Waals surface area contributed by atoms with Gasteiger partial charge < -0.3 is 15.6 Å². The second-order valence-corrected chi connectivity index (χ2v) is 7.32. The molecule has 4 heteroatoms. The number of benzene rings is 2. The fraction of sp³-hybridized carbons (Fsp3) is 0.391. The summed E-state index contributed by atoms with van der Waals surface area (Å²) in [5.41, 5.74) is 9.16. The molecule has 0 aliphatic heterocycles. The summed E-state index contributed by atoms with van der Waals surface area (Å²) in [4.78, 5) is 18.6. The number of carboxylic acid groups (broad SMARTS) is 1. The Morgan fingerprint density at radius 1 is 0.963 bits per heavy atom. The lowest BCUT2D eigenvalue weighted by atomic mass is 9.99. The van der Waals surface area contributed by atoms with Crippen molar-refractivity contribution in [2.24, 2.45) is 11.7 Å². The van der Waals surface area contributed by atoms with Crippen LogP contribution < -0.4 is 5.73 Å². The van der Waals surface area contributed by atoms with Crippen molar-refractivity contribution >= 4 is 12.8 Å². The molecule has 1 saturated carbocycles. The molecule has 0 radical (unpaired) electrons. The fourth-order valence-electron chi connectivity index (χ4n) is 3.09. The third-order valence-electron chi connectivity index (χ3n) is 4.47. The van der Waals surface area contributed by atoms with Gasteiger partial charge in [-0.2, -0.15) is 0 Å². The Bertz CT molecular complexity index is 660. The Kier molecular flexibility index (Phi) is 10.1. The monoisotopic (exact) mass is 369 g/mol. The van der Waals surface area contributed by atoms with Gasteiger partial charge >= 0.3 is 0 Å². The number of nitrogens with two attached hydrogens (primary N) is 1. The van der Waals surface area contributed by atoms with Crippen LogP contribution in [0.5, 0.6) is 0 Å².